The van der Waals surface area contributed by atoms with Crippen LogP contribution in [-0.2, 0) is 0 Å². The first-order chi connectivity index (χ1) is 21.8. The summed E-state index contributed by atoms with van der Waals surface area (Å²) in [5.74, 6) is 0. The second-order valence-electron chi connectivity index (χ2n) is 11.4. The quantitative estimate of drug-likeness (QED) is 0.201. The zero-order valence-corrected chi connectivity index (χ0v) is 25.1. The Kier molecular flexibility index (Phi) is 5.06. The summed E-state index contributed by atoms with van der Waals surface area (Å²) in [6.07, 6.45) is 0. The molecule has 0 aliphatic heterocycles. The Morgan fingerprint density at radius 3 is 1.52 bits per heavy atom. The third-order valence-electron chi connectivity index (χ3n) is 8.82. The van der Waals surface area contributed by atoms with Crippen molar-refractivity contribution in [2.75, 3.05) is 4.90 Å². The third-order valence-corrected chi connectivity index (χ3v) is 11.1. The molecule has 3 heterocycles. The van der Waals surface area contributed by atoms with Gasteiger partial charge in [-0.1, -0.05) is 72.8 Å². The fraction of sp³-hybridized carbons (Fsp3) is 0. The van der Waals surface area contributed by atoms with Crippen molar-refractivity contribution in [1.29, 1.82) is 0 Å². The average molecular weight is 598 g/mol. The fourth-order valence-electron chi connectivity index (χ4n) is 6.74. The van der Waals surface area contributed by atoms with Gasteiger partial charge in [0.15, 0.2) is 0 Å². The van der Waals surface area contributed by atoms with Crippen LogP contribution in [0.4, 0.5) is 17.1 Å². The molecule has 0 bridgehead atoms. The Labute approximate surface area is 260 Å². The number of anilines is 3. The Morgan fingerprint density at radius 2 is 0.864 bits per heavy atom. The molecule has 0 aliphatic rings. The van der Waals surface area contributed by atoms with E-state index in [-0.39, 0.29) is 0 Å². The summed E-state index contributed by atoms with van der Waals surface area (Å²) < 4.78 is 11.6. The summed E-state index contributed by atoms with van der Waals surface area (Å²) in [6, 6.07) is 50.7. The van der Waals surface area contributed by atoms with Crippen molar-refractivity contribution in [3.8, 4) is 0 Å². The number of thiophene rings is 2. The molecule has 0 N–H and O–H groups in total. The molecule has 0 atom stereocenters. The number of hydrogen-bond donors (Lipinski definition) is 0. The summed E-state index contributed by atoms with van der Waals surface area (Å²) in [4.78, 5) is 2.40. The first-order valence-corrected chi connectivity index (χ1v) is 16.4. The number of furan rings is 1. The van der Waals surface area contributed by atoms with Crippen molar-refractivity contribution in [3.05, 3.63) is 140 Å². The van der Waals surface area contributed by atoms with E-state index in [9.17, 15) is 0 Å². The van der Waals surface area contributed by atoms with Gasteiger partial charge in [-0.25, -0.2) is 0 Å². The summed E-state index contributed by atoms with van der Waals surface area (Å²) in [5, 5.41) is 9.91. The van der Waals surface area contributed by atoms with E-state index in [1.54, 1.807) is 0 Å². The Balaban J connectivity index is 1.22. The molecule has 4 heteroatoms. The Hall–Kier alpha value is -5.16. The zero-order valence-electron chi connectivity index (χ0n) is 23.5. The topological polar surface area (TPSA) is 16.4 Å². The van der Waals surface area contributed by atoms with Crippen molar-refractivity contribution in [1.82, 2.24) is 0 Å². The van der Waals surface area contributed by atoms with E-state index < -0.39 is 0 Å². The third kappa shape index (κ3) is 3.59. The fourth-order valence-corrected chi connectivity index (χ4v) is 9.02. The molecule has 0 saturated carbocycles. The van der Waals surface area contributed by atoms with E-state index in [4.69, 9.17) is 4.42 Å². The van der Waals surface area contributed by atoms with Crippen molar-refractivity contribution in [2.24, 2.45) is 0 Å². The predicted molar refractivity (Wildman–Crippen MR) is 192 cm³/mol. The van der Waals surface area contributed by atoms with Crippen LogP contribution in [0.15, 0.2) is 144 Å². The van der Waals surface area contributed by atoms with E-state index in [2.05, 4.69) is 144 Å². The molecule has 0 unspecified atom stereocenters. The summed E-state index contributed by atoms with van der Waals surface area (Å²) in [6.45, 7) is 0. The van der Waals surface area contributed by atoms with Gasteiger partial charge in [0.2, 0.25) is 0 Å². The molecule has 7 aromatic carbocycles. The largest absolute Gasteiger partial charge is 0.456 e. The molecule has 0 amide bonds. The monoisotopic (exact) mass is 597 g/mol. The highest BCUT2D eigenvalue weighted by atomic mass is 32.1. The van der Waals surface area contributed by atoms with Crippen LogP contribution >= 0.6 is 22.7 Å². The molecule has 0 radical (unpaired) electrons. The van der Waals surface area contributed by atoms with Crippen LogP contribution < -0.4 is 4.90 Å². The molecule has 0 aliphatic carbocycles. The number of nitrogens with zero attached hydrogens (tertiary/aromatic N) is 1. The van der Waals surface area contributed by atoms with Gasteiger partial charge in [-0.15, -0.1) is 22.7 Å². The lowest BCUT2D eigenvalue weighted by atomic mass is 10.1. The minimum Gasteiger partial charge on any atom is -0.456 e. The molecule has 0 fully saturated rings. The van der Waals surface area contributed by atoms with Crippen LogP contribution in [-0.4, -0.2) is 0 Å². The van der Waals surface area contributed by atoms with Crippen LogP contribution in [0.5, 0.6) is 0 Å². The number of rotatable bonds is 3. The van der Waals surface area contributed by atoms with Gasteiger partial charge in [0.25, 0.3) is 0 Å². The number of hydrogen-bond acceptors (Lipinski definition) is 4. The molecule has 2 nitrogen and oxygen atoms in total. The highest BCUT2D eigenvalue weighted by molar-refractivity contribution is 7.26. The van der Waals surface area contributed by atoms with Crippen molar-refractivity contribution >= 4 is 113 Å². The van der Waals surface area contributed by atoms with E-state index in [1.807, 2.05) is 22.7 Å². The van der Waals surface area contributed by atoms with Crippen molar-refractivity contribution in [3.63, 3.8) is 0 Å². The van der Waals surface area contributed by atoms with Crippen LogP contribution in [0.3, 0.4) is 0 Å². The maximum atomic E-state index is 6.37. The molecule has 0 spiro atoms. The van der Waals surface area contributed by atoms with Gasteiger partial charge in [-0.2, -0.15) is 0 Å². The van der Waals surface area contributed by atoms with Gasteiger partial charge in [0.1, 0.15) is 11.2 Å². The van der Waals surface area contributed by atoms with Gasteiger partial charge in [0.05, 0.1) is 0 Å². The Morgan fingerprint density at radius 1 is 0.364 bits per heavy atom. The highest BCUT2D eigenvalue weighted by Crippen LogP contribution is 2.44. The van der Waals surface area contributed by atoms with E-state index in [0.29, 0.717) is 0 Å². The van der Waals surface area contributed by atoms with Gasteiger partial charge < -0.3 is 9.32 Å². The molecule has 3 aromatic heterocycles. The molecule has 44 heavy (non-hydrogen) atoms. The lowest BCUT2D eigenvalue weighted by Gasteiger charge is -2.26. The van der Waals surface area contributed by atoms with Crippen molar-refractivity contribution in [2.45, 2.75) is 0 Å². The van der Waals surface area contributed by atoms with Crippen LogP contribution in [0, 0.1) is 0 Å². The lowest BCUT2D eigenvalue weighted by Crippen LogP contribution is -2.09. The maximum Gasteiger partial charge on any atom is 0.136 e. The zero-order chi connectivity index (χ0) is 28.8. The lowest BCUT2D eigenvalue weighted by molar-refractivity contribution is 0.669. The van der Waals surface area contributed by atoms with E-state index in [0.717, 1.165) is 39.0 Å². The first kappa shape index (κ1) is 24.3. The van der Waals surface area contributed by atoms with Gasteiger partial charge in [-0.3, -0.25) is 0 Å². The first-order valence-electron chi connectivity index (χ1n) is 14.7. The van der Waals surface area contributed by atoms with Crippen LogP contribution in [0.2, 0.25) is 0 Å². The minimum absolute atomic E-state index is 0.902. The Bertz CT molecular complexity index is 2630. The van der Waals surface area contributed by atoms with Crippen molar-refractivity contribution < 1.29 is 4.42 Å². The van der Waals surface area contributed by atoms with Gasteiger partial charge in [0, 0.05) is 68.2 Å². The molecule has 10 rings (SSSR count). The minimum atomic E-state index is 0.902. The molecule has 10 aromatic rings. The molecule has 206 valence electrons. The average Bonchev–Trinajstić information content (AvgIpc) is 3.74. The van der Waals surface area contributed by atoms with Gasteiger partial charge >= 0.3 is 0 Å². The summed E-state index contributed by atoms with van der Waals surface area (Å²) >= 11 is 3.71. The summed E-state index contributed by atoms with van der Waals surface area (Å²) in [7, 11) is 0. The normalized spacial score (nSPS) is 12.1. The second-order valence-corrected chi connectivity index (χ2v) is 13.5. The molecular formula is C40H23NOS2. The van der Waals surface area contributed by atoms with E-state index >= 15 is 0 Å². The standard InChI is InChI=1S/C40H23NOS2/c1-2-8-25-20-36-33(19-24(25)7-1)34-21-26(15-18-35(34)42-36)41(27-13-16-31-29-9-3-5-11-37(29)43-39(31)22-27)28-14-17-32-30-10-4-6-12-38(30)44-40(32)23-28/h1-23H. The number of benzene rings is 7. The van der Waals surface area contributed by atoms with Crippen LogP contribution in [0.25, 0.3) is 73.1 Å². The van der Waals surface area contributed by atoms with E-state index in [1.165, 1.54) is 51.1 Å². The molecular weight excluding hydrogens is 575 g/mol. The number of fused-ring (bicyclic) bond motifs is 10. The second kappa shape index (κ2) is 9.17. The smallest absolute Gasteiger partial charge is 0.136 e. The van der Waals surface area contributed by atoms with Gasteiger partial charge in [-0.05, 0) is 77.5 Å². The van der Waals surface area contributed by atoms with Crippen LogP contribution in [0.1, 0.15) is 0 Å². The molecule has 0 saturated heterocycles. The maximum absolute atomic E-state index is 6.37. The summed E-state index contributed by atoms with van der Waals surface area (Å²) in [5.41, 5.74) is 5.21. The highest BCUT2D eigenvalue weighted by Gasteiger charge is 2.18. The SMILES string of the molecule is c1ccc2cc3c(cc2c1)oc1ccc(N(c2ccc4c(c2)sc2ccccc24)c2ccc4c(c2)sc2ccccc24)cc13. The predicted octanol–water partition coefficient (Wildman–Crippen LogP) is 12.9.